The number of hydrogen-bond acceptors (Lipinski definition) is 3. The van der Waals surface area contributed by atoms with Gasteiger partial charge in [0, 0.05) is 24.5 Å². The quantitative estimate of drug-likeness (QED) is 0.804. The van der Waals surface area contributed by atoms with E-state index in [0.717, 1.165) is 12.8 Å². The molecule has 1 heterocycles. The molecule has 2 atom stereocenters. The number of aromatic nitrogens is 1. The van der Waals surface area contributed by atoms with Crippen LogP contribution in [0.3, 0.4) is 0 Å². The molecule has 6 heteroatoms. The molecule has 1 aliphatic carbocycles. The molecule has 2 unspecified atom stereocenters. The van der Waals surface area contributed by atoms with Gasteiger partial charge in [-0.2, -0.15) is 0 Å². The predicted octanol–water partition coefficient (Wildman–Crippen LogP) is 0.452. The molecule has 88 valence electrons. The molecule has 0 spiro atoms. The molecule has 0 radical (unpaired) electrons. The summed E-state index contributed by atoms with van der Waals surface area (Å²) in [6.07, 6.45) is 4.44. The van der Waals surface area contributed by atoms with Crippen molar-refractivity contribution in [3.05, 3.63) is 28.7 Å². The molecule has 2 N–H and O–H groups in total. The second kappa shape index (κ2) is 4.03. The Morgan fingerprint density at radius 1 is 1.56 bits per heavy atom. The number of hydrogen-bond donors (Lipinski definition) is 2. The summed E-state index contributed by atoms with van der Waals surface area (Å²) < 4.78 is 26.2. The molecule has 0 bridgehead atoms. The molecule has 0 amide bonds. The van der Waals surface area contributed by atoms with Gasteiger partial charge in [-0.3, -0.25) is 4.79 Å². The first kappa shape index (κ1) is 11.3. The summed E-state index contributed by atoms with van der Waals surface area (Å²) in [5, 5.41) is 0. The second-order valence-corrected chi connectivity index (χ2v) is 5.69. The zero-order chi connectivity index (χ0) is 11.8. The zero-order valence-electron chi connectivity index (χ0n) is 8.93. The molecule has 1 aromatic heterocycles. The van der Waals surface area contributed by atoms with E-state index >= 15 is 0 Å². The van der Waals surface area contributed by atoms with E-state index in [2.05, 4.69) is 9.71 Å². The Bertz CT molecular complexity index is 535. The van der Waals surface area contributed by atoms with Crippen molar-refractivity contribution >= 4 is 10.0 Å². The number of H-pyrrole nitrogens is 1. The SMILES string of the molecule is CCC1CC1NS(=O)(=O)c1c[nH]ccc1=O. The van der Waals surface area contributed by atoms with Crippen LogP contribution in [-0.2, 0) is 10.0 Å². The summed E-state index contributed by atoms with van der Waals surface area (Å²) >= 11 is 0. The number of sulfonamides is 1. The number of pyridine rings is 1. The summed E-state index contributed by atoms with van der Waals surface area (Å²) in [6.45, 7) is 2.02. The molecule has 0 saturated heterocycles. The summed E-state index contributed by atoms with van der Waals surface area (Å²) in [7, 11) is -3.66. The highest BCUT2D eigenvalue weighted by atomic mass is 32.2. The van der Waals surface area contributed by atoms with Crippen molar-refractivity contribution in [2.75, 3.05) is 0 Å². The largest absolute Gasteiger partial charge is 0.366 e. The van der Waals surface area contributed by atoms with E-state index in [1.54, 1.807) is 0 Å². The van der Waals surface area contributed by atoms with Gasteiger partial charge < -0.3 is 4.98 Å². The van der Waals surface area contributed by atoms with Crippen LogP contribution < -0.4 is 10.2 Å². The topological polar surface area (TPSA) is 79.0 Å². The summed E-state index contributed by atoms with van der Waals surface area (Å²) in [5.41, 5.74) is -0.486. The lowest BCUT2D eigenvalue weighted by Crippen LogP contribution is -2.30. The van der Waals surface area contributed by atoms with Crippen LogP contribution >= 0.6 is 0 Å². The van der Waals surface area contributed by atoms with Gasteiger partial charge in [0.05, 0.1) is 0 Å². The smallest absolute Gasteiger partial charge is 0.246 e. The minimum atomic E-state index is -3.66. The Hall–Kier alpha value is -1.14. The van der Waals surface area contributed by atoms with E-state index in [4.69, 9.17) is 0 Å². The minimum absolute atomic E-state index is 0.00499. The van der Waals surface area contributed by atoms with E-state index in [0.29, 0.717) is 5.92 Å². The fourth-order valence-corrected chi connectivity index (χ4v) is 3.09. The van der Waals surface area contributed by atoms with Crippen molar-refractivity contribution in [2.24, 2.45) is 5.92 Å². The van der Waals surface area contributed by atoms with Gasteiger partial charge in [0.15, 0.2) is 0 Å². The minimum Gasteiger partial charge on any atom is -0.366 e. The molecule has 0 aromatic carbocycles. The summed E-state index contributed by atoms with van der Waals surface area (Å²) in [5.74, 6) is 0.414. The molecular weight excluding hydrogens is 228 g/mol. The fourth-order valence-electron chi connectivity index (χ4n) is 1.72. The normalized spacial score (nSPS) is 24.3. The maximum atomic E-state index is 11.8. The monoisotopic (exact) mass is 242 g/mol. The first-order valence-corrected chi connectivity index (χ1v) is 6.72. The Morgan fingerprint density at radius 3 is 2.88 bits per heavy atom. The van der Waals surface area contributed by atoms with Crippen LogP contribution in [0, 0.1) is 5.92 Å². The molecule has 0 aliphatic heterocycles. The van der Waals surface area contributed by atoms with Gasteiger partial charge in [-0.1, -0.05) is 13.3 Å². The third-order valence-electron chi connectivity index (χ3n) is 2.83. The molecule has 1 aliphatic rings. The zero-order valence-corrected chi connectivity index (χ0v) is 9.75. The van der Waals surface area contributed by atoms with E-state index < -0.39 is 15.5 Å². The van der Waals surface area contributed by atoms with Gasteiger partial charge in [0.2, 0.25) is 15.5 Å². The molecular formula is C10H14N2O3S. The van der Waals surface area contributed by atoms with E-state index in [-0.39, 0.29) is 10.9 Å². The average molecular weight is 242 g/mol. The molecule has 1 aromatic rings. The Balaban J connectivity index is 2.21. The molecule has 1 saturated carbocycles. The van der Waals surface area contributed by atoms with Gasteiger partial charge >= 0.3 is 0 Å². The Morgan fingerprint density at radius 2 is 2.31 bits per heavy atom. The number of rotatable bonds is 4. The Kier molecular flexibility index (Phi) is 2.86. The van der Waals surface area contributed by atoms with Crippen LogP contribution in [0.2, 0.25) is 0 Å². The third kappa shape index (κ3) is 2.17. The van der Waals surface area contributed by atoms with Gasteiger partial charge in [0.25, 0.3) is 0 Å². The third-order valence-corrected chi connectivity index (χ3v) is 4.34. The van der Waals surface area contributed by atoms with Crippen molar-refractivity contribution in [1.29, 1.82) is 0 Å². The van der Waals surface area contributed by atoms with Gasteiger partial charge in [-0.15, -0.1) is 0 Å². The first-order valence-electron chi connectivity index (χ1n) is 5.24. The van der Waals surface area contributed by atoms with E-state index in [1.165, 1.54) is 18.5 Å². The van der Waals surface area contributed by atoms with Crippen LogP contribution in [0.5, 0.6) is 0 Å². The highest BCUT2D eigenvalue weighted by Gasteiger charge is 2.39. The highest BCUT2D eigenvalue weighted by molar-refractivity contribution is 7.89. The number of nitrogens with one attached hydrogen (secondary N) is 2. The van der Waals surface area contributed by atoms with Gasteiger partial charge in [0.1, 0.15) is 4.90 Å². The maximum Gasteiger partial charge on any atom is 0.246 e. The van der Waals surface area contributed by atoms with E-state index in [1.807, 2.05) is 6.92 Å². The molecule has 2 rings (SSSR count). The standard InChI is InChI=1S/C10H14N2O3S/c1-2-7-5-8(7)12-16(14,15)10-6-11-4-3-9(10)13/h3-4,6-8,12H,2,5H2,1H3,(H,11,13). The van der Waals surface area contributed by atoms with Crippen LogP contribution in [0.1, 0.15) is 19.8 Å². The lowest BCUT2D eigenvalue weighted by molar-refractivity contribution is 0.574. The lowest BCUT2D eigenvalue weighted by Gasteiger charge is -2.04. The fraction of sp³-hybridized carbons (Fsp3) is 0.500. The van der Waals surface area contributed by atoms with Crippen molar-refractivity contribution in [3.8, 4) is 0 Å². The predicted molar refractivity (Wildman–Crippen MR) is 59.6 cm³/mol. The summed E-state index contributed by atoms with van der Waals surface area (Å²) in [6, 6.07) is 1.20. The molecule has 16 heavy (non-hydrogen) atoms. The van der Waals surface area contributed by atoms with Crippen molar-refractivity contribution in [3.63, 3.8) is 0 Å². The Labute approximate surface area is 93.9 Å². The van der Waals surface area contributed by atoms with Crippen molar-refractivity contribution in [1.82, 2.24) is 9.71 Å². The van der Waals surface area contributed by atoms with Crippen molar-refractivity contribution < 1.29 is 8.42 Å². The van der Waals surface area contributed by atoms with Crippen LogP contribution in [0.4, 0.5) is 0 Å². The highest BCUT2D eigenvalue weighted by Crippen LogP contribution is 2.34. The van der Waals surface area contributed by atoms with Crippen molar-refractivity contribution in [2.45, 2.75) is 30.7 Å². The van der Waals surface area contributed by atoms with Gasteiger partial charge in [-0.25, -0.2) is 13.1 Å². The second-order valence-electron chi connectivity index (χ2n) is 4.00. The van der Waals surface area contributed by atoms with E-state index in [9.17, 15) is 13.2 Å². The average Bonchev–Trinajstić information content (AvgIpc) is 2.96. The van der Waals surface area contributed by atoms with Crippen LogP contribution in [0.25, 0.3) is 0 Å². The molecule has 5 nitrogen and oxygen atoms in total. The molecule has 1 fully saturated rings. The first-order chi connectivity index (χ1) is 7.54. The number of aromatic amines is 1. The van der Waals surface area contributed by atoms with Crippen LogP contribution in [-0.4, -0.2) is 19.4 Å². The van der Waals surface area contributed by atoms with Crippen LogP contribution in [0.15, 0.2) is 28.2 Å². The summed E-state index contributed by atoms with van der Waals surface area (Å²) in [4.78, 5) is 13.8. The van der Waals surface area contributed by atoms with Gasteiger partial charge in [-0.05, 0) is 12.3 Å². The maximum absolute atomic E-state index is 11.8. The lowest BCUT2D eigenvalue weighted by atomic mass is 10.3.